The van der Waals surface area contributed by atoms with E-state index >= 15 is 0 Å². The van der Waals surface area contributed by atoms with Crippen LogP contribution in [0.1, 0.15) is 33.1 Å². The molecule has 82 valence electrons. The molecule has 1 heterocycles. The lowest BCUT2D eigenvalue weighted by Crippen LogP contribution is -2.54. The highest BCUT2D eigenvalue weighted by Crippen LogP contribution is 2.28. The van der Waals surface area contributed by atoms with E-state index in [1.165, 1.54) is 6.42 Å². The largest absolute Gasteiger partial charge is 0.391 e. The molecule has 0 amide bonds. The number of ether oxygens (including phenoxy) is 1. The fourth-order valence-electron chi connectivity index (χ4n) is 2.73. The van der Waals surface area contributed by atoms with Crippen molar-refractivity contribution < 1.29 is 9.84 Å². The minimum absolute atomic E-state index is 0.109. The normalized spacial score (nSPS) is 45.6. The summed E-state index contributed by atoms with van der Waals surface area (Å²) in [5.41, 5.74) is 0. The summed E-state index contributed by atoms with van der Waals surface area (Å²) in [7, 11) is 0. The topological polar surface area (TPSA) is 32.7 Å². The summed E-state index contributed by atoms with van der Waals surface area (Å²) < 4.78 is 5.59. The minimum Gasteiger partial charge on any atom is -0.391 e. The Balaban J connectivity index is 2.01. The first-order chi connectivity index (χ1) is 6.70. The van der Waals surface area contributed by atoms with Crippen LogP contribution in [0.4, 0.5) is 0 Å². The van der Waals surface area contributed by atoms with Gasteiger partial charge in [0.2, 0.25) is 0 Å². The number of aliphatic hydroxyl groups is 1. The third-order valence-electron chi connectivity index (χ3n) is 3.80. The second-order valence-corrected chi connectivity index (χ2v) is 4.62. The second-order valence-electron chi connectivity index (χ2n) is 4.62. The smallest absolute Gasteiger partial charge is 0.0700 e. The first-order valence-corrected chi connectivity index (χ1v) is 5.75. The SMILES string of the molecule is CC1OCCN([C@H]2CCC[C@@H]2O)C1C. The van der Waals surface area contributed by atoms with Gasteiger partial charge in [-0.3, -0.25) is 4.90 Å². The predicted molar refractivity (Wildman–Crippen MR) is 55.2 cm³/mol. The Morgan fingerprint density at radius 3 is 2.71 bits per heavy atom. The summed E-state index contributed by atoms with van der Waals surface area (Å²) in [6.45, 7) is 6.12. The van der Waals surface area contributed by atoms with Gasteiger partial charge in [0.1, 0.15) is 0 Å². The van der Waals surface area contributed by atoms with Crippen LogP contribution in [-0.2, 0) is 4.74 Å². The molecule has 2 rings (SSSR count). The van der Waals surface area contributed by atoms with Crippen LogP contribution in [0.15, 0.2) is 0 Å². The summed E-state index contributed by atoms with van der Waals surface area (Å²) in [6, 6.07) is 0.831. The molecule has 1 aliphatic heterocycles. The van der Waals surface area contributed by atoms with E-state index in [9.17, 15) is 5.11 Å². The van der Waals surface area contributed by atoms with Crippen LogP contribution in [0.2, 0.25) is 0 Å². The average molecular weight is 199 g/mol. The molecular formula is C11H21NO2. The predicted octanol–water partition coefficient (Wildman–Crippen LogP) is 1.01. The van der Waals surface area contributed by atoms with Gasteiger partial charge >= 0.3 is 0 Å². The number of rotatable bonds is 1. The number of nitrogens with zero attached hydrogens (tertiary/aromatic N) is 1. The zero-order valence-corrected chi connectivity index (χ0v) is 9.15. The van der Waals surface area contributed by atoms with Crippen LogP contribution < -0.4 is 0 Å². The van der Waals surface area contributed by atoms with Crippen LogP contribution in [0.5, 0.6) is 0 Å². The molecule has 1 aliphatic carbocycles. The fourth-order valence-corrected chi connectivity index (χ4v) is 2.73. The molecule has 2 fully saturated rings. The Morgan fingerprint density at radius 2 is 2.07 bits per heavy atom. The van der Waals surface area contributed by atoms with Gasteiger partial charge in [-0.15, -0.1) is 0 Å². The van der Waals surface area contributed by atoms with Gasteiger partial charge in [-0.25, -0.2) is 0 Å². The number of morpholine rings is 1. The number of hydrogen-bond donors (Lipinski definition) is 1. The molecular weight excluding hydrogens is 178 g/mol. The molecule has 0 aromatic rings. The Bertz CT molecular complexity index is 198. The first-order valence-electron chi connectivity index (χ1n) is 5.75. The zero-order chi connectivity index (χ0) is 10.1. The standard InChI is InChI=1S/C11H21NO2/c1-8-9(2)14-7-6-12(8)10-4-3-5-11(10)13/h8-11,13H,3-7H2,1-2H3/t8?,9?,10-,11-/m0/s1. The molecule has 2 aliphatic rings. The lowest BCUT2D eigenvalue weighted by molar-refractivity contribution is -0.0858. The van der Waals surface area contributed by atoms with Crippen molar-refractivity contribution in [2.24, 2.45) is 0 Å². The highest BCUT2D eigenvalue weighted by atomic mass is 16.5. The molecule has 0 aromatic heterocycles. The third-order valence-corrected chi connectivity index (χ3v) is 3.80. The molecule has 14 heavy (non-hydrogen) atoms. The van der Waals surface area contributed by atoms with Gasteiger partial charge in [-0.1, -0.05) is 0 Å². The van der Waals surface area contributed by atoms with Gasteiger partial charge in [-0.05, 0) is 33.1 Å². The molecule has 0 spiro atoms. The monoisotopic (exact) mass is 199 g/mol. The quantitative estimate of drug-likeness (QED) is 0.684. The lowest BCUT2D eigenvalue weighted by atomic mass is 10.1. The Morgan fingerprint density at radius 1 is 1.29 bits per heavy atom. The van der Waals surface area contributed by atoms with Crippen LogP contribution in [0.3, 0.4) is 0 Å². The molecule has 1 saturated carbocycles. The minimum atomic E-state index is -0.109. The van der Waals surface area contributed by atoms with Gasteiger partial charge in [0.05, 0.1) is 18.8 Å². The van der Waals surface area contributed by atoms with Crippen molar-refractivity contribution in [3.05, 3.63) is 0 Å². The summed E-state index contributed by atoms with van der Waals surface area (Å²) in [4.78, 5) is 2.44. The zero-order valence-electron chi connectivity index (χ0n) is 9.15. The van der Waals surface area contributed by atoms with Crippen LogP contribution >= 0.6 is 0 Å². The molecule has 3 nitrogen and oxygen atoms in total. The molecule has 0 radical (unpaired) electrons. The molecule has 3 heteroatoms. The summed E-state index contributed by atoms with van der Waals surface area (Å²) in [5.74, 6) is 0. The highest BCUT2D eigenvalue weighted by molar-refractivity contribution is 4.90. The molecule has 2 unspecified atom stereocenters. The maximum Gasteiger partial charge on any atom is 0.0700 e. The Hall–Kier alpha value is -0.120. The van der Waals surface area contributed by atoms with Crippen molar-refractivity contribution in [3.8, 4) is 0 Å². The van der Waals surface area contributed by atoms with E-state index < -0.39 is 0 Å². The van der Waals surface area contributed by atoms with E-state index in [4.69, 9.17) is 4.74 Å². The van der Waals surface area contributed by atoms with E-state index in [1.54, 1.807) is 0 Å². The second kappa shape index (κ2) is 4.17. The Kier molecular flexibility index (Phi) is 3.10. The number of hydrogen-bond acceptors (Lipinski definition) is 3. The Labute approximate surface area is 86.0 Å². The van der Waals surface area contributed by atoms with Crippen LogP contribution in [0, 0.1) is 0 Å². The van der Waals surface area contributed by atoms with Gasteiger partial charge < -0.3 is 9.84 Å². The molecule has 4 atom stereocenters. The maximum atomic E-state index is 9.86. The van der Waals surface area contributed by atoms with Crippen molar-refractivity contribution in [1.29, 1.82) is 0 Å². The van der Waals surface area contributed by atoms with Gasteiger partial charge in [-0.2, -0.15) is 0 Å². The lowest BCUT2D eigenvalue weighted by Gasteiger charge is -2.42. The van der Waals surface area contributed by atoms with Crippen molar-refractivity contribution in [3.63, 3.8) is 0 Å². The van der Waals surface area contributed by atoms with E-state index in [0.29, 0.717) is 18.2 Å². The highest BCUT2D eigenvalue weighted by Gasteiger charge is 2.36. The fraction of sp³-hybridized carbons (Fsp3) is 1.00. The number of aliphatic hydroxyl groups excluding tert-OH is 1. The molecule has 0 aromatic carbocycles. The van der Waals surface area contributed by atoms with E-state index in [0.717, 1.165) is 26.0 Å². The van der Waals surface area contributed by atoms with Crippen LogP contribution in [-0.4, -0.2) is 47.4 Å². The summed E-state index contributed by atoms with van der Waals surface area (Å²) in [6.07, 6.45) is 3.49. The molecule has 1 saturated heterocycles. The third kappa shape index (κ3) is 1.81. The van der Waals surface area contributed by atoms with Crippen LogP contribution in [0.25, 0.3) is 0 Å². The average Bonchev–Trinajstić information content (AvgIpc) is 2.57. The van der Waals surface area contributed by atoms with Crippen molar-refractivity contribution >= 4 is 0 Å². The first kappa shape index (κ1) is 10.4. The van der Waals surface area contributed by atoms with E-state index in [-0.39, 0.29) is 6.10 Å². The van der Waals surface area contributed by atoms with E-state index in [2.05, 4.69) is 18.7 Å². The van der Waals surface area contributed by atoms with Crippen molar-refractivity contribution in [1.82, 2.24) is 4.90 Å². The maximum absolute atomic E-state index is 9.86. The molecule has 0 bridgehead atoms. The summed E-state index contributed by atoms with van der Waals surface area (Å²) in [5, 5.41) is 9.86. The van der Waals surface area contributed by atoms with Crippen molar-refractivity contribution in [2.45, 2.75) is 57.4 Å². The van der Waals surface area contributed by atoms with Crippen molar-refractivity contribution in [2.75, 3.05) is 13.2 Å². The molecule has 1 N–H and O–H groups in total. The van der Waals surface area contributed by atoms with Gasteiger partial charge in [0.15, 0.2) is 0 Å². The van der Waals surface area contributed by atoms with E-state index in [1.807, 2.05) is 0 Å². The summed E-state index contributed by atoms with van der Waals surface area (Å²) >= 11 is 0. The van der Waals surface area contributed by atoms with Gasteiger partial charge in [0.25, 0.3) is 0 Å². The van der Waals surface area contributed by atoms with Gasteiger partial charge in [0, 0.05) is 18.6 Å².